The fraction of sp³-hybridized carbons (Fsp3) is 0.588. The molecule has 0 saturated carbocycles. The molecule has 2 rings (SSSR count). The van der Waals surface area contributed by atoms with Crippen LogP contribution in [0.4, 0.5) is 0 Å². The van der Waals surface area contributed by atoms with Gasteiger partial charge in [-0.15, -0.1) is 0 Å². The second kappa shape index (κ2) is 5.73. The van der Waals surface area contributed by atoms with E-state index in [2.05, 4.69) is 52.8 Å². The standard InChI is InChI=1S/C17H26NO4P/c1-16(2,3)11-9-12-14(13(10-11)17(4,5)6)22-18-15(12)23(19,20-7)21-8/h9-10H,1-8H3. The van der Waals surface area contributed by atoms with E-state index in [-0.39, 0.29) is 16.3 Å². The lowest BCUT2D eigenvalue weighted by Gasteiger charge is -2.25. The van der Waals surface area contributed by atoms with Crippen LogP contribution in [0.25, 0.3) is 11.0 Å². The van der Waals surface area contributed by atoms with Gasteiger partial charge in [0, 0.05) is 19.8 Å². The number of fused-ring (bicyclic) bond motifs is 1. The Kier molecular flexibility index (Phi) is 4.53. The van der Waals surface area contributed by atoms with E-state index in [0.29, 0.717) is 11.0 Å². The highest BCUT2D eigenvalue weighted by Crippen LogP contribution is 2.47. The highest BCUT2D eigenvalue weighted by molar-refractivity contribution is 7.62. The van der Waals surface area contributed by atoms with E-state index < -0.39 is 7.60 Å². The van der Waals surface area contributed by atoms with Crippen LogP contribution in [0, 0.1) is 0 Å². The molecule has 0 aliphatic rings. The van der Waals surface area contributed by atoms with Crippen LogP contribution >= 0.6 is 7.60 Å². The number of rotatable bonds is 3. The van der Waals surface area contributed by atoms with Crippen molar-refractivity contribution in [1.29, 1.82) is 0 Å². The third-order valence-corrected chi connectivity index (χ3v) is 5.77. The number of hydrogen-bond donors (Lipinski definition) is 0. The average molecular weight is 339 g/mol. The van der Waals surface area contributed by atoms with Gasteiger partial charge in [0.25, 0.3) is 0 Å². The molecule has 0 amide bonds. The van der Waals surface area contributed by atoms with Crippen molar-refractivity contribution < 1.29 is 18.1 Å². The van der Waals surface area contributed by atoms with Crippen molar-refractivity contribution in [3.05, 3.63) is 23.3 Å². The molecule has 1 heterocycles. The van der Waals surface area contributed by atoms with Crippen LogP contribution < -0.4 is 5.44 Å². The van der Waals surface area contributed by atoms with Gasteiger partial charge in [0.05, 0.1) is 5.39 Å². The number of nitrogens with zero attached hydrogens (tertiary/aromatic N) is 1. The third kappa shape index (κ3) is 3.23. The van der Waals surface area contributed by atoms with Crippen LogP contribution in [0.5, 0.6) is 0 Å². The topological polar surface area (TPSA) is 61.6 Å². The first-order valence-corrected chi connectivity index (χ1v) is 9.15. The zero-order valence-corrected chi connectivity index (χ0v) is 16.1. The molecule has 0 atom stereocenters. The summed E-state index contributed by atoms with van der Waals surface area (Å²) < 4.78 is 28.5. The molecule has 0 unspecified atom stereocenters. The summed E-state index contributed by atoms with van der Waals surface area (Å²) in [6, 6.07) is 4.11. The van der Waals surface area contributed by atoms with E-state index in [0.717, 1.165) is 11.1 Å². The molecule has 0 aliphatic carbocycles. The lowest BCUT2D eigenvalue weighted by molar-refractivity contribution is 0.285. The highest BCUT2D eigenvalue weighted by atomic mass is 31.2. The van der Waals surface area contributed by atoms with E-state index in [1.165, 1.54) is 14.2 Å². The molecule has 0 aliphatic heterocycles. The molecule has 0 saturated heterocycles. The molecule has 5 nitrogen and oxygen atoms in total. The SMILES string of the molecule is COP(=O)(OC)c1noc2c(C(C)(C)C)cc(C(C)(C)C)cc12. The van der Waals surface area contributed by atoms with Gasteiger partial charge in [-0.1, -0.05) is 52.8 Å². The maximum atomic E-state index is 12.8. The van der Waals surface area contributed by atoms with Gasteiger partial charge in [-0.3, -0.25) is 4.57 Å². The minimum atomic E-state index is -3.48. The van der Waals surface area contributed by atoms with Crippen molar-refractivity contribution in [1.82, 2.24) is 5.16 Å². The largest absolute Gasteiger partial charge is 0.383 e. The van der Waals surface area contributed by atoms with Gasteiger partial charge < -0.3 is 13.6 Å². The Morgan fingerprint density at radius 3 is 2.00 bits per heavy atom. The molecule has 6 heteroatoms. The first kappa shape index (κ1) is 18.2. The number of aromatic nitrogens is 1. The zero-order valence-electron chi connectivity index (χ0n) is 15.2. The van der Waals surface area contributed by atoms with Crippen LogP contribution in [0.15, 0.2) is 16.7 Å². The Hall–Kier alpha value is -1.16. The highest BCUT2D eigenvalue weighted by Gasteiger charge is 2.34. The van der Waals surface area contributed by atoms with E-state index in [4.69, 9.17) is 13.6 Å². The van der Waals surface area contributed by atoms with Gasteiger partial charge in [0.15, 0.2) is 5.58 Å². The van der Waals surface area contributed by atoms with Gasteiger partial charge in [-0.05, 0) is 22.5 Å². The molecule has 0 radical (unpaired) electrons. The molecular weight excluding hydrogens is 313 g/mol. The smallest absolute Gasteiger partial charge is 0.355 e. The van der Waals surface area contributed by atoms with E-state index in [9.17, 15) is 4.57 Å². The minimum Gasteiger partial charge on any atom is -0.355 e. The number of hydrogen-bond acceptors (Lipinski definition) is 5. The summed E-state index contributed by atoms with van der Waals surface area (Å²) in [4.78, 5) is 0. The first-order chi connectivity index (χ1) is 10.4. The van der Waals surface area contributed by atoms with Crippen molar-refractivity contribution in [2.45, 2.75) is 52.4 Å². The molecule has 1 aromatic carbocycles. The van der Waals surface area contributed by atoms with Gasteiger partial charge in [0.2, 0.25) is 5.44 Å². The zero-order chi connectivity index (χ0) is 17.6. The van der Waals surface area contributed by atoms with Gasteiger partial charge >= 0.3 is 7.60 Å². The molecule has 23 heavy (non-hydrogen) atoms. The van der Waals surface area contributed by atoms with Gasteiger partial charge in [-0.2, -0.15) is 0 Å². The Bertz CT molecular complexity index is 757. The van der Waals surface area contributed by atoms with Crippen LogP contribution in [-0.2, 0) is 24.4 Å². The molecular formula is C17H26NO4P. The summed E-state index contributed by atoms with van der Waals surface area (Å²) in [5.41, 5.74) is 2.81. The fourth-order valence-electron chi connectivity index (χ4n) is 2.47. The van der Waals surface area contributed by atoms with Gasteiger partial charge in [-0.25, -0.2) is 0 Å². The average Bonchev–Trinajstić information content (AvgIpc) is 2.87. The van der Waals surface area contributed by atoms with Crippen molar-refractivity contribution in [3.63, 3.8) is 0 Å². The summed E-state index contributed by atoms with van der Waals surface area (Å²) in [5.74, 6) is 0. The molecule has 0 spiro atoms. The van der Waals surface area contributed by atoms with Crippen molar-refractivity contribution in [2.75, 3.05) is 14.2 Å². The lowest BCUT2D eigenvalue weighted by atomic mass is 9.80. The fourth-order valence-corrected chi connectivity index (χ4v) is 3.56. The van der Waals surface area contributed by atoms with Crippen LogP contribution in [0.2, 0.25) is 0 Å². The van der Waals surface area contributed by atoms with Crippen LogP contribution in [0.3, 0.4) is 0 Å². The quantitative estimate of drug-likeness (QED) is 0.769. The minimum absolute atomic E-state index is 0.0626. The van der Waals surface area contributed by atoms with E-state index in [1.54, 1.807) is 0 Å². The molecule has 1 aromatic heterocycles. The monoisotopic (exact) mass is 339 g/mol. The second-order valence-electron chi connectivity index (χ2n) is 7.77. The Balaban J connectivity index is 2.89. The Morgan fingerprint density at radius 2 is 1.57 bits per heavy atom. The summed E-state index contributed by atoms with van der Waals surface area (Å²) in [6.45, 7) is 12.8. The predicted molar refractivity (Wildman–Crippen MR) is 92.7 cm³/mol. The normalized spacial score (nSPS) is 13.7. The Labute approximate surface area is 137 Å². The third-order valence-electron chi connectivity index (χ3n) is 3.97. The van der Waals surface area contributed by atoms with Crippen molar-refractivity contribution >= 4 is 24.0 Å². The maximum absolute atomic E-state index is 12.8. The van der Waals surface area contributed by atoms with Crippen molar-refractivity contribution in [3.8, 4) is 0 Å². The summed E-state index contributed by atoms with van der Waals surface area (Å²) >= 11 is 0. The van der Waals surface area contributed by atoms with E-state index >= 15 is 0 Å². The molecule has 0 bridgehead atoms. The van der Waals surface area contributed by atoms with Crippen molar-refractivity contribution in [2.24, 2.45) is 0 Å². The molecule has 0 N–H and O–H groups in total. The summed E-state index contributed by atoms with van der Waals surface area (Å²) in [7, 11) is -0.780. The molecule has 2 aromatic rings. The van der Waals surface area contributed by atoms with Crippen LogP contribution in [-0.4, -0.2) is 19.4 Å². The molecule has 128 valence electrons. The predicted octanol–water partition coefficient (Wildman–Crippen LogP) is 4.53. The van der Waals surface area contributed by atoms with E-state index in [1.807, 2.05) is 6.07 Å². The summed E-state index contributed by atoms with van der Waals surface area (Å²) in [6.07, 6.45) is 0. The van der Waals surface area contributed by atoms with Crippen LogP contribution in [0.1, 0.15) is 52.7 Å². The lowest BCUT2D eigenvalue weighted by Crippen LogP contribution is -2.17. The summed E-state index contributed by atoms with van der Waals surface area (Å²) in [5, 5.41) is 4.71. The molecule has 0 fully saturated rings. The van der Waals surface area contributed by atoms with Gasteiger partial charge in [0.1, 0.15) is 0 Å². The number of benzene rings is 1. The second-order valence-corrected chi connectivity index (χ2v) is 9.92. The maximum Gasteiger partial charge on any atom is 0.383 e. The Morgan fingerprint density at radius 1 is 1.00 bits per heavy atom. The first-order valence-electron chi connectivity index (χ1n) is 7.60.